The molecule has 1 N–H and O–H groups in total. The molecule has 1 heterocycles. The lowest BCUT2D eigenvalue weighted by Crippen LogP contribution is -2.19. The minimum atomic E-state index is -0.201. The molecule has 1 atom stereocenters. The molecule has 0 saturated heterocycles. The first-order valence-electron chi connectivity index (χ1n) is 7.72. The Morgan fingerprint density at radius 1 is 1.29 bits per heavy atom. The Morgan fingerprint density at radius 3 is 2.76 bits per heavy atom. The molecular formula is C17H24FN3. The van der Waals surface area contributed by atoms with Gasteiger partial charge in [0, 0.05) is 24.9 Å². The van der Waals surface area contributed by atoms with Crippen LogP contribution >= 0.6 is 0 Å². The maximum Gasteiger partial charge on any atom is 0.147 e. The van der Waals surface area contributed by atoms with Gasteiger partial charge in [-0.25, -0.2) is 9.37 Å². The molecule has 0 bridgehead atoms. The molecule has 0 aliphatic rings. The van der Waals surface area contributed by atoms with Gasteiger partial charge in [0.15, 0.2) is 0 Å². The molecule has 114 valence electrons. The highest BCUT2D eigenvalue weighted by molar-refractivity contribution is 5.38. The SMILES string of the molecule is CCCNC(C)c1ccc(-n2ccnc2CCC)c(F)c1. The summed E-state index contributed by atoms with van der Waals surface area (Å²) in [7, 11) is 0. The summed E-state index contributed by atoms with van der Waals surface area (Å²) >= 11 is 0. The van der Waals surface area contributed by atoms with Crippen LogP contribution in [0.2, 0.25) is 0 Å². The minimum absolute atomic E-state index is 0.159. The van der Waals surface area contributed by atoms with E-state index in [0.717, 1.165) is 37.2 Å². The van der Waals surface area contributed by atoms with Crippen molar-refractivity contribution >= 4 is 0 Å². The molecule has 2 aromatic rings. The maximum atomic E-state index is 14.4. The monoisotopic (exact) mass is 289 g/mol. The van der Waals surface area contributed by atoms with E-state index in [1.807, 2.05) is 22.9 Å². The van der Waals surface area contributed by atoms with Crippen LogP contribution in [0.3, 0.4) is 0 Å². The molecule has 0 saturated carbocycles. The molecule has 2 rings (SSSR count). The van der Waals surface area contributed by atoms with Crippen LogP contribution in [0, 0.1) is 5.82 Å². The smallest absolute Gasteiger partial charge is 0.147 e. The van der Waals surface area contributed by atoms with Crippen molar-refractivity contribution in [1.82, 2.24) is 14.9 Å². The molecule has 3 nitrogen and oxygen atoms in total. The fraction of sp³-hybridized carbons (Fsp3) is 0.471. The molecule has 0 aliphatic carbocycles. The summed E-state index contributed by atoms with van der Waals surface area (Å²) in [6, 6.07) is 5.61. The number of hydrogen-bond acceptors (Lipinski definition) is 2. The fourth-order valence-corrected chi connectivity index (χ4v) is 2.43. The molecule has 4 heteroatoms. The first-order chi connectivity index (χ1) is 10.2. The van der Waals surface area contributed by atoms with E-state index < -0.39 is 0 Å². The number of aryl methyl sites for hydroxylation is 1. The standard InChI is InChI=1S/C17H24FN3/c1-4-6-17-20-10-11-21(17)16-8-7-14(12-15(16)18)13(3)19-9-5-2/h7-8,10-13,19H,4-6,9H2,1-3H3. The summed E-state index contributed by atoms with van der Waals surface area (Å²) in [5.41, 5.74) is 1.55. The summed E-state index contributed by atoms with van der Waals surface area (Å²) in [6.45, 7) is 7.22. The fourth-order valence-electron chi connectivity index (χ4n) is 2.43. The van der Waals surface area contributed by atoms with Crippen LogP contribution in [-0.4, -0.2) is 16.1 Å². The van der Waals surface area contributed by atoms with E-state index in [1.54, 1.807) is 12.3 Å². The zero-order valence-electron chi connectivity index (χ0n) is 13.1. The van der Waals surface area contributed by atoms with Gasteiger partial charge in [-0.15, -0.1) is 0 Å². The topological polar surface area (TPSA) is 29.9 Å². The van der Waals surface area contributed by atoms with E-state index in [-0.39, 0.29) is 11.9 Å². The summed E-state index contributed by atoms with van der Waals surface area (Å²) in [6.07, 6.45) is 6.46. The van der Waals surface area contributed by atoms with Crippen LogP contribution in [-0.2, 0) is 6.42 Å². The highest BCUT2D eigenvalue weighted by Gasteiger charge is 2.12. The number of nitrogens with zero attached hydrogens (tertiary/aromatic N) is 2. The van der Waals surface area contributed by atoms with Crippen molar-refractivity contribution in [2.24, 2.45) is 0 Å². The Hall–Kier alpha value is -1.68. The number of nitrogens with one attached hydrogen (secondary N) is 1. The lowest BCUT2D eigenvalue weighted by Gasteiger charge is -2.15. The normalized spacial score (nSPS) is 12.6. The Morgan fingerprint density at radius 2 is 2.10 bits per heavy atom. The molecule has 0 spiro atoms. The number of aromatic nitrogens is 2. The minimum Gasteiger partial charge on any atom is -0.310 e. The van der Waals surface area contributed by atoms with E-state index >= 15 is 0 Å². The van der Waals surface area contributed by atoms with Gasteiger partial charge in [0.25, 0.3) is 0 Å². The highest BCUT2D eigenvalue weighted by atomic mass is 19.1. The van der Waals surface area contributed by atoms with Gasteiger partial charge in [-0.05, 0) is 44.0 Å². The third-order valence-corrected chi connectivity index (χ3v) is 3.62. The molecule has 0 amide bonds. The maximum absolute atomic E-state index is 14.4. The number of imidazole rings is 1. The van der Waals surface area contributed by atoms with Crippen LogP contribution in [0.4, 0.5) is 4.39 Å². The number of rotatable bonds is 7. The van der Waals surface area contributed by atoms with Crippen molar-refractivity contribution in [3.05, 3.63) is 47.8 Å². The van der Waals surface area contributed by atoms with Gasteiger partial charge in [0.05, 0.1) is 5.69 Å². The van der Waals surface area contributed by atoms with E-state index in [9.17, 15) is 4.39 Å². The van der Waals surface area contributed by atoms with Gasteiger partial charge >= 0.3 is 0 Å². The molecule has 0 fully saturated rings. The number of halogens is 1. The summed E-state index contributed by atoms with van der Waals surface area (Å²) in [5.74, 6) is 0.703. The van der Waals surface area contributed by atoms with Crippen molar-refractivity contribution < 1.29 is 4.39 Å². The third kappa shape index (κ3) is 3.70. The van der Waals surface area contributed by atoms with Gasteiger partial charge < -0.3 is 9.88 Å². The second-order valence-electron chi connectivity index (χ2n) is 5.35. The zero-order valence-corrected chi connectivity index (χ0v) is 13.1. The molecule has 1 unspecified atom stereocenters. The Labute approximate surface area is 126 Å². The molecule has 0 radical (unpaired) electrons. The van der Waals surface area contributed by atoms with Gasteiger partial charge in [-0.3, -0.25) is 0 Å². The Bertz CT molecular complexity index is 577. The first kappa shape index (κ1) is 15.7. The second kappa shape index (κ2) is 7.36. The van der Waals surface area contributed by atoms with Crippen LogP contribution in [0.15, 0.2) is 30.6 Å². The summed E-state index contributed by atoms with van der Waals surface area (Å²) in [4.78, 5) is 4.31. The molecule has 0 aliphatic heterocycles. The van der Waals surface area contributed by atoms with Gasteiger partial charge in [0.2, 0.25) is 0 Å². The number of hydrogen-bond donors (Lipinski definition) is 1. The highest BCUT2D eigenvalue weighted by Crippen LogP contribution is 2.21. The molecule has 1 aromatic carbocycles. The van der Waals surface area contributed by atoms with Crippen LogP contribution in [0.5, 0.6) is 0 Å². The van der Waals surface area contributed by atoms with Gasteiger partial charge in [-0.1, -0.05) is 19.9 Å². The van der Waals surface area contributed by atoms with E-state index in [4.69, 9.17) is 0 Å². The molecular weight excluding hydrogens is 265 g/mol. The Balaban J connectivity index is 2.24. The first-order valence-corrected chi connectivity index (χ1v) is 7.72. The van der Waals surface area contributed by atoms with Crippen LogP contribution in [0.25, 0.3) is 5.69 Å². The van der Waals surface area contributed by atoms with Gasteiger partial charge in [0.1, 0.15) is 11.6 Å². The van der Waals surface area contributed by atoms with Crippen molar-refractivity contribution in [2.75, 3.05) is 6.54 Å². The van der Waals surface area contributed by atoms with Crippen molar-refractivity contribution in [2.45, 2.75) is 46.1 Å². The second-order valence-corrected chi connectivity index (χ2v) is 5.35. The van der Waals surface area contributed by atoms with Gasteiger partial charge in [-0.2, -0.15) is 0 Å². The summed E-state index contributed by atoms with van der Waals surface area (Å²) in [5, 5.41) is 3.38. The average Bonchev–Trinajstić information content (AvgIpc) is 2.93. The summed E-state index contributed by atoms with van der Waals surface area (Å²) < 4.78 is 16.3. The predicted molar refractivity (Wildman–Crippen MR) is 84.2 cm³/mol. The largest absolute Gasteiger partial charge is 0.310 e. The average molecular weight is 289 g/mol. The van der Waals surface area contributed by atoms with Crippen molar-refractivity contribution in [3.63, 3.8) is 0 Å². The Kier molecular flexibility index (Phi) is 5.51. The third-order valence-electron chi connectivity index (χ3n) is 3.62. The van der Waals surface area contributed by atoms with E-state index in [1.165, 1.54) is 0 Å². The molecule has 1 aromatic heterocycles. The van der Waals surface area contributed by atoms with E-state index in [0.29, 0.717) is 5.69 Å². The zero-order chi connectivity index (χ0) is 15.2. The van der Waals surface area contributed by atoms with E-state index in [2.05, 4.69) is 31.1 Å². The van der Waals surface area contributed by atoms with Crippen molar-refractivity contribution in [3.8, 4) is 5.69 Å². The predicted octanol–water partition coefficient (Wildman–Crippen LogP) is 4.02. The van der Waals surface area contributed by atoms with Crippen LogP contribution in [0.1, 0.15) is 51.0 Å². The number of benzene rings is 1. The lowest BCUT2D eigenvalue weighted by molar-refractivity contribution is 0.560. The van der Waals surface area contributed by atoms with Crippen LogP contribution < -0.4 is 5.32 Å². The molecule has 21 heavy (non-hydrogen) atoms. The lowest BCUT2D eigenvalue weighted by atomic mass is 10.1. The van der Waals surface area contributed by atoms with Crippen molar-refractivity contribution in [1.29, 1.82) is 0 Å². The quantitative estimate of drug-likeness (QED) is 0.834.